The second-order valence-corrected chi connectivity index (χ2v) is 9.10. The van der Waals surface area contributed by atoms with Crippen LogP contribution in [0.2, 0.25) is 0 Å². The highest BCUT2D eigenvalue weighted by Gasteiger charge is 2.18. The summed E-state index contributed by atoms with van der Waals surface area (Å²) in [7, 11) is 3.18. The van der Waals surface area contributed by atoms with E-state index in [2.05, 4.69) is 5.10 Å². The molecule has 3 heterocycles. The number of hydrogen-bond donors (Lipinski definition) is 0. The van der Waals surface area contributed by atoms with E-state index in [1.807, 2.05) is 42.8 Å². The molecular weight excluding hydrogens is 467 g/mol. The Bertz CT molecular complexity index is 1530. The third kappa shape index (κ3) is 4.53. The minimum Gasteiger partial charge on any atom is -0.493 e. The molecule has 0 saturated carbocycles. The highest BCUT2D eigenvalue weighted by atomic mass is 32.2. The molecule has 35 heavy (non-hydrogen) atoms. The number of methoxy groups -OCH3 is 2. The number of nitrogens with zero attached hydrogens (tertiary/aromatic N) is 6. The van der Waals surface area contributed by atoms with Crippen LogP contribution in [0.1, 0.15) is 22.8 Å². The molecule has 0 unspecified atom stereocenters. The molecule has 0 bridgehead atoms. The van der Waals surface area contributed by atoms with E-state index >= 15 is 0 Å². The van der Waals surface area contributed by atoms with E-state index < -0.39 is 0 Å². The van der Waals surface area contributed by atoms with E-state index in [1.165, 1.54) is 17.8 Å². The van der Waals surface area contributed by atoms with Crippen molar-refractivity contribution in [2.24, 2.45) is 0 Å². The molecule has 5 aromatic rings. The Balaban J connectivity index is 1.57. The van der Waals surface area contributed by atoms with E-state index in [0.29, 0.717) is 57.9 Å². The molecule has 0 radical (unpaired) electrons. The van der Waals surface area contributed by atoms with Gasteiger partial charge in [-0.25, -0.2) is 14.4 Å². The van der Waals surface area contributed by atoms with Crippen LogP contribution in [0.4, 0.5) is 4.39 Å². The first kappa shape index (κ1) is 23.1. The smallest absolute Gasteiger partial charge is 0.191 e. The number of thioether (sulfide) groups is 1. The third-order valence-electron chi connectivity index (χ3n) is 5.76. The van der Waals surface area contributed by atoms with Crippen molar-refractivity contribution in [3.63, 3.8) is 0 Å². The van der Waals surface area contributed by atoms with Crippen molar-refractivity contribution >= 4 is 28.3 Å². The Morgan fingerprint density at radius 3 is 2.46 bits per heavy atom. The Labute approximate surface area is 206 Å². The van der Waals surface area contributed by atoms with Crippen LogP contribution in [0, 0.1) is 19.7 Å². The number of ether oxygens (including phenoxy) is 2. The second-order valence-electron chi connectivity index (χ2n) is 8.16. The third-order valence-corrected chi connectivity index (χ3v) is 6.73. The zero-order valence-corrected chi connectivity index (χ0v) is 20.8. The van der Waals surface area contributed by atoms with Crippen LogP contribution in [0.25, 0.3) is 16.6 Å². The van der Waals surface area contributed by atoms with Crippen LogP contribution in [-0.2, 0) is 18.7 Å². The molecule has 8 nitrogen and oxygen atoms in total. The number of aromatic nitrogens is 6. The van der Waals surface area contributed by atoms with Gasteiger partial charge in [0.15, 0.2) is 28.1 Å². The molecule has 0 aliphatic carbocycles. The number of fused-ring (bicyclic) bond motifs is 3. The van der Waals surface area contributed by atoms with E-state index in [4.69, 9.17) is 24.5 Å². The maximum Gasteiger partial charge on any atom is 0.191 e. The molecule has 2 aromatic carbocycles. The summed E-state index contributed by atoms with van der Waals surface area (Å²) in [5.41, 5.74) is 4.04. The summed E-state index contributed by atoms with van der Waals surface area (Å²) < 4.78 is 28.9. The normalized spacial score (nSPS) is 11.5. The first-order valence-electron chi connectivity index (χ1n) is 11.2. The van der Waals surface area contributed by atoms with Crippen molar-refractivity contribution in [2.45, 2.75) is 37.7 Å². The van der Waals surface area contributed by atoms with Gasteiger partial charge in [-0.15, -0.1) is 5.10 Å². The van der Waals surface area contributed by atoms with Gasteiger partial charge >= 0.3 is 0 Å². The number of halogens is 1. The zero-order chi connectivity index (χ0) is 24.5. The fraction of sp³-hybridized carbons (Fsp3) is 0.280. The molecule has 0 N–H and O–H groups in total. The lowest BCUT2D eigenvalue weighted by atomic mass is 10.2. The lowest BCUT2D eigenvalue weighted by molar-refractivity contribution is 0.355. The zero-order valence-electron chi connectivity index (χ0n) is 19.9. The van der Waals surface area contributed by atoms with Crippen LogP contribution in [0.5, 0.6) is 11.5 Å². The monoisotopic (exact) mass is 492 g/mol. The Morgan fingerprint density at radius 2 is 1.74 bits per heavy atom. The van der Waals surface area contributed by atoms with Gasteiger partial charge in [-0.05, 0) is 37.6 Å². The fourth-order valence-electron chi connectivity index (χ4n) is 4.02. The standard InChI is InChI=1S/C25H25FN6O2S/c1-15-11-16(2)31(29-15)10-9-23-28-24-18-12-21(33-3)22(34-4)13-20(18)27-25(32(24)30-23)35-14-17-7-5-6-8-19(17)26/h5-8,11-13H,9-10,14H2,1-4H3. The summed E-state index contributed by atoms with van der Waals surface area (Å²) in [6, 6.07) is 12.5. The van der Waals surface area contributed by atoms with Crippen molar-refractivity contribution < 1.29 is 13.9 Å². The van der Waals surface area contributed by atoms with Gasteiger partial charge in [0, 0.05) is 35.9 Å². The summed E-state index contributed by atoms with van der Waals surface area (Å²) in [5.74, 6) is 2.00. The molecule has 3 aromatic heterocycles. The molecule has 0 amide bonds. The summed E-state index contributed by atoms with van der Waals surface area (Å²) in [4.78, 5) is 9.67. The van der Waals surface area contributed by atoms with Gasteiger partial charge in [0.05, 0.1) is 25.4 Å². The Morgan fingerprint density at radius 1 is 0.971 bits per heavy atom. The molecule has 5 rings (SSSR count). The van der Waals surface area contributed by atoms with E-state index in [0.717, 1.165) is 16.8 Å². The predicted molar refractivity (Wildman–Crippen MR) is 133 cm³/mol. The van der Waals surface area contributed by atoms with Crippen LogP contribution in [-0.4, -0.2) is 43.6 Å². The van der Waals surface area contributed by atoms with Crippen LogP contribution < -0.4 is 9.47 Å². The van der Waals surface area contributed by atoms with Crippen molar-refractivity contribution in [1.29, 1.82) is 0 Å². The molecule has 0 aliphatic rings. The van der Waals surface area contributed by atoms with Gasteiger partial charge in [-0.2, -0.15) is 9.61 Å². The summed E-state index contributed by atoms with van der Waals surface area (Å²) in [5, 5.41) is 10.7. The Hall–Kier alpha value is -3.66. The van der Waals surface area contributed by atoms with Gasteiger partial charge in [-0.1, -0.05) is 30.0 Å². The average molecular weight is 493 g/mol. The molecule has 0 atom stereocenters. The first-order chi connectivity index (χ1) is 17.0. The second kappa shape index (κ2) is 9.53. The molecule has 10 heteroatoms. The number of benzene rings is 2. The van der Waals surface area contributed by atoms with Crippen molar-refractivity contribution in [3.05, 3.63) is 71.1 Å². The van der Waals surface area contributed by atoms with E-state index in [9.17, 15) is 4.39 Å². The van der Waals surface area contributed by atoms with Crippen molar-refractivity contribution in [1.82, 2.24) is 29.4 Å². The first-order valence-corrected chi connectivity index (χ1v) is 12.1. The Kier molecular flexibility index (Phi) is 6.29. The molecule has 0 spiro atoms. The highest BCUT2D eigenvalue weighted by Crippen LogP contribution is 2.35. The lowest BCUT2D eigenvalue weighted by Crippen LogP contribution is -2.06. The largest absolute Gasteiger partial charge is 0.493 e. The molecule has 180 valence electrons. The number of hydrogen-bond acceptors (Lipinski definition) is 7. The topological polar surface area (TPSA) is 79.4 Å². The minimum atomic E-state index is -0.243. The van der Waals surface area contributed by atoms with Gasteiger partial charge < -0.3 is 9.47 Å². The maximum atomic E-state index is 14.2. The maximum absolute atomic E-state index is 14.2. The summed E-state index contributed by atoms with van der Waals surface area (Å²) >= 11 is 1.41. The summed E-state index contributed by atoms with van der Waals surface area (Å²) in [6.07, 6.45) is 0.607. The number of rotatable bonds is 8. The van der Waals surface area contributed by atoms with Gasteiger partial charge in [-0.3, -0.25) is 4.68 Å². The lowest BCUT2D eigenvalue weighted by Gasteiger charge is -2.11. The quantitative estimate of drug-likeness (QED) is 0.228. The van der Waals surface area contributed by atoms with Crippen molar-refractivity contribution in [2.75, 3.05) is 14.2 Å². The van der Waals surface area contributed by atoms with Gasteiger partial charge in [0.2, 0.25) is 0 Å². The molecular formula is C25H25FN6O2S. The SMILES string of the molecule is COc1cc2nc(SCc3ccccc3F)n3nc(CCn4nc(C)cc4C)nc3c2cc1OC. The van der Waals surface area contributed by atoms with Crippen LogP contribution in [0.15, 0.2) is 47.6 Å². The van der Waals surface area contributed by atoms with Gasteiger partial charge in [0.1, 0.15) is 5.82 Å². The molecule has 0 aliphatic heterocycles. The predicted octanol–water partition coefficient (Wildman–Crippen LogP) is 4.78. The minimum absolute atomic E-state index is 0.243. The number of aryl methyl sites for hydroxylation is 4. The highest BCUT2D eigenvalue weighted by molar-refractivity contribution is 7.98. The van der Waals surface area contributed by atoms with E-state index in [-0.39, 0.29) is 5.82 Å². The van der Waals surface area contributed by atoms with Crippen molar-refractivity contribution in [3.8, 4) is 11.5 Å². The summed E-state index contributed by atoms with van der Waals surface area (Å²) in [6.45, 7) is 4.67. The molecule has 0 fully saturated rings. The average Bonchev–Trinajstić information content (AvgIpc) is 3.43. The van der Waals surface area contributed by atoms with E-state index in [1.54, 1.807) is 30.9 Å². The van der Waals surface area contributed by atoms with Crippen LogP contribution in [0.3, 0.4) is 0 Å². The van der Waals surface area contributed by atoms with Crippen LogP contribution >= 0.6 is 11.8 Å². The van der Waals surface area contributed by atoms with Gasteiger partial charge in [0.25, 0.3) is 0 Å². The molecule has 0 saturated heterocycles. The fourth-order valence-corrected chi connectivity index (χ4v) is 4.95.